The van der Waals surface area contributed by atoms with Gasteiger partial charge in [0.2, 0.25) is 5.89 Å². The first-order valence-corrected chi connectivity index (χ1v) is 6.51. The minimum Gasteiger partial charge on any atom is -0.444 e. The third kappa shape index (κ3) is 2.87. The Kier molecular flexibility index (Phi) is 4.03. The molecule has 2 aromatic rings. The van der Waals surface area contributed by atoms with Gasteiger partial charge in [0.25, 0.3) is 5.89 Å². The number of hydrogen-bond donors (Lipinski definition) is 1. The maximum absolute atomic E-state index is 8.62. The summed E-state index contributed by atoms with van der Waals surface area (Å²) in [5, 5.41) is 16.4. The van der Waals surface area contributed by atoms with Crippen LogP contribution in [0.15, 0.2) is 25.6 Å². The fraction of sp³-hybridized carbons (Fsp3) is 0.333. The molecule has 0 unspecified atom stereocenters. The topological polar surface area (TPSA) is 72.3 Å². The van der Waals surface area contributed by atoms with Gasteiger partial charge in [0, 0.05) is 5.75 Å². The molecule has 2 rings (SSSR count). The van der Waals surface area contributed by atoms with Gasteiger partial charge in [-0.2, -0.15) is 0 Å². The molecule has 0 aliphatic rings. The Bertz CT molecular complexity index is 457. The van der Waals surface area contributed by atoms with Crippen LogP contribution in [0.1, 0.15) is 5.89 Å². The highest BCUT2D eigenvalue weighted by molar-refractivity contribution is 9.10. The maximum Gasteiger partial charge on any atom is 0.283 e. The highest BCUT2D eigenvalue weighted by Gasteiger charge is 2.11. The lowest BCUT2D eigenvalue weighted by molar-refractivity contribution is 0.322. The Balaban J connectivity index is 2.02. The highest BCUT2D eigenvalue weighted by atomic mass is 79.9. The number of thioether (sulfide) groups is 1. The first-order valence-electron chi connectivity index (χ1n) is 4.56. The van der Waals surface area contributed by atoms with Crippen LogP contribution in [0.3, 0.4) is 0 Å². The summed E-state index contributed by atoms with van der Waals surface area (Å²) in [5.74, 6) is 2.68. The first kappa shape index (κ1) is 11.7. The molecule has 0 saturated heterocycles. The van der Waals surface area contributed by atoms with E-state index in [4.69, 9.17) is 13.9 Å². The summed E-state index contributed by atoms with van der Waals surface area (Å²) in [6, 6.07) is 3.52. The van der Waals surface area contributed by atoms with Crippen molar-refractivity contribution in [1.29, 1.82) is 0 Å². The molecular weight excluding hydrogens is 296 g/mol. The van der Waals surface area contributed by atoms with Crippen molar-refractivity contribution in [3.8, 4) is 11.7 Å². The Morgan fingerprint density at radius 2 is 2.19 bits per heavy atom. The number of aliphatic hydroxyl groups excluding tert-OH is 1. The number of aromatic nitrogens is 2. The van der Waals surface area contributed by atoms with Gasteiger partial charge < -0.3 is 13.9 Å². The van der Waals surface area contributed by atoms with E-state index in [9.17, 15) is 0 Å². The molecule has 16 heavy (non-hydrogen) atoms. The largest absolute Gasteiger partial charge is 0.444 e. The van der Waals surface area contributed by atoms with Gasteiger partial charge in [-0.25, -0.2) is 0 Å². The van der Waals surface area contributed by atoms with Crippen LogP contribution >= 0.6 is 27.7 Å². The van der Waals surface area contributed by atoms with Crippen LogP contribution in [-0.2, 0) is 5.75 Å². The smallest absolute Gasteiger partial charge is 0.283 e. The molecule has 5 nitrogen and oxygen atoms in total. The lowest BCUT2D eigenvalue weighted by atomic mass is 10.5. The molecular formula is C9H9BrN2O3S. The second-order valence-corrected chi connectivity index (χ2v) is 4.77. The molecule has 0 spiro atoms. The molecule has 0 aromatic carbocycles. The van der Waals surface area contributed by atoms with Gasteiger partial charge in [-0.1, -0.05) is 0 Å². The summed E-state index contributed by atoms with van der Waals surface area (Å²) >= 11 is 4.73. The average molecular weight is 305 g/mol. The van der Waals surface area contributed by atoms with Crippen LogP contribution in [0.5, 0.6) is 0 Å². The second-order valence-electron chi connectivity index (χ2n) is 2.88. The summed E-state index contributed by atoms with van der Waals surface area (Å²) in [6.07, 6.45) is 0. The number of rotatable bonds is 5. The zero-order chi connectivity index (χ0) is 11.4. The third-order valence-electron chi connectivity index (χ3n) is 1.71. The van der Waals surface area contributed by atoms with Gasteiger partial charge in [0.05, 0.1) is 12.4 Å². The second kappa shape index (κ2) is 5.51. The van der Waals surface area contributed by atoms with Crippen molar-refractivity contribution < 1.29 is 13.9 Å². The van der Waals surface area contributed by atoms with Gasteiger partial charge in [0.1, 0.15) is 0 Å². The Hall–Kier alpha value is -0.790. The van der Waals surface area contributed by atoms with Crippen molar-refractivity contribution in [2.45, 2.75) is 5.75 Å². The fourth-order valence-electron chi connectivity index (χ4n) is 1.06. The summed E-state index contributed by atoms with van der Waals surface area (Å²) < 4.78 is 11.3. The SMILES string of the molecule is OCCSCc1nnc(-c2ccc(Br)o2)o1. The molecule has 0 atom stereocenters. The molecule has 7 heteroatoms. The van der Waals surface area contributed by atoms with Crippen molar-refractivity contribution >= 4 is 27.7 Å². The van der Waals surface area contributed by atoms with Crippen LogP contribution in [0, 0.1) is 0 Å². The lowest BCUT2D eigenvalue weighted by Gasteiger charge is -1.92. The number of aliphatic hydroxyl groups is 1. The summed E-state index contributed by atoms with van der Waals surface area (Å²) in [4.78, 5) is 0. The molecule has 86 valence electrons. The summed E-state index contributed by atoms with van der Waals surface area (Å²) in [6.45, 7) is 0.150. The number of furan rings is 1. The van der Waals surface area contributed by atoms with Gasteiger partial charge in [-0.15, -0.1) is 22.0 Å². The molecule has 0 bridgehead atoms. The number of hydrogen-bond acceptors (Lipinski definition) is 6. The van der Waals surface area contributed by atoms with E-state index in [1.807, 2.05) is 0 Å². The Labute approximate surface area is 104 Å². The molecule has 0 saturated carbocycles. The van der Waals surface area contributed by atoms with Crippen LogP contribution in [0.25, 0.3) is 11.7 Å². The van der Waals surface area contributed by atoms with E-state index in [0.29, 0.717) is 33.7 Å². The molecule has 2 heterocycles. The molecule has 1 N–H and O–H groups in total. The first-order chi connectivity index (χ1) is 7.79. The van der Waals surface area contributed by atoms with E-state index in [1.54, 1.807) is 12.1 Å². The molecule has 0 aliphatic heterocycles. The van der Waals surface area contributed by atoms with Crippen molar-refractivity contribution in [3.05, 3.63) is 22.7 Å². The minimum atomic E-state index is 0.150. The predicted molar refractivity (Wildman–Crippen MR) is 62.9 cm³/mol. The van der Waals surface area contributed by atoms with Crippen molar-refractivity contribution in [2.75, 3.05) is 12.4 Å². The third-order valence-corrected chi connectivity index (χ3v) is 3.06. The van der Waals surface area contributed by atoms with E-state index >= 15 is 0 Å². The number of halogens is 1. The minimum absolute atomic E-state index is 0.150. The zero-order valence-corrected chi connectivity index (χ0v) is 10.6. The fourth-order valence-corrected chi connectivity index (χ4v) is 1.94. The van der Waals surface area contributed by atoms with Crippen molar-refractivity contribution in [1.82, 2.24) is 10.2 Å². The quantitative estimate of drug-likeness (QED) is 0.855. The van der Waals surface area contributed by atoms with Crippen molar-refractivity contribution in [2.24, 2.45) is 0 Å². The summed E-state index contributed by atoms with van der Waals surface area (Å²) in [5.41, 5.74) is 0. The van der Waals surface area contributed by atoms with E-state index in [0.717, 1.165) is 0 Å². The van der Waals surface area contributed by atoms with E-state index in [-0.39, 0.29) is 6.61 Å². The predicted octanol–water partition coefficient (Wildman–Crippen LogP) is 2.32. The van der Waals surface area contributed by atoms with Gasteiger partial charge in [-0.3, -0.25) is 0 Å². The lowest BCUT2D eigenvalue weighted by Crippen LogP contribution is -1.87. The van der Waals surface area contributed by atoms with Gasteiger partial charge >= 0.3 is 0 Å². The van der Waals surface area contributed by atoms with Crippen molar-refractivity contribution in [3.63, 3.8) is 0 Å². The normalized spacial score (nSPS) is 10.9. The molecule has 0 amide bonds. The Morgan fingerprint density at radius 3 is 2.88 bits per heavy atom. The van der Waals surface area contributed by atoms with E-state index < -0.39 is 0 Å². The van der Waals surface area contributed by atoms with Crippen LogP contribution < -0.4 is 0 Å². The molecule has 0 aliphatic carbocycles. The monoisotopic (exact) mass is 304 g/mol. The maximum atomic E-state index is 8.62. The Morgan fingerprint density at radius 1 is 1.31 bits per heavy atom. The van der Waals surface area contributed by atoms with E-state index in [2.05, 4.69) is 26.1 Å². The van der Waals surface area contributed by atoms with Crippen LogP contribution in [0.2, 0.25) is 0 Å². The molecule has 0 fully saturated rings. The summed E-state index contributed by atoms with van der Waals surface area (Å²) in [7, 11) is 0. The highest BCUT2D eigenvalue weighted by Crippen LogP contribution is 2.24. The van der Waals surface area contributed by atoms with Crippen LogP contribution in [0.4, 0.5) is 0 Å². The van der Waals surface area contributed by atoms with Crippen LogP contribution in [-0.4, -0.2) is 27.7 Å². The molecule has 2 aromatic heterocycles. The number of nitrogens with zero attached hydrogens (tertiary/aromatic N) is 2. The van der Waals surface area contributed by atoms with E-state index in [1.165, 1.54) is 11.8 Å². The standard InChI is InChI=1S/C9H9BrN2O3S/c10-7-2-1-6(14-7)9-12-11-8(15-9)5-16-4-3-13/h1-2,13H,3-5H2. The van der Waals surface area contributed by atoms with Gasteiger partial charge in [-0.05, 0) is 28.1 Å². The average Bonchev–Trinajstić information content (AvgIpc) is 2.87. The zero-order valence-electron chi connectivity index (χ0n) is 8.22. The molecule has 0 radical (unpaired) electrons. The van der Waals surface area contributed by atoms with Gasteiger partial charge in [0.15, 0.2) is 10.4 Å².